The third kappa shape index (κ3) is 4.82. The number of carbonyl (C=O) groups excluding carboxylic acids is 1. The Kier molecular flexibility index (Phi) is 6.12. The van der Waals surface area contributed by atoms with E-state index >= 15 is 0 Å². The molecule has 0 saturated carbocycles. The predicted octanol–water partition coefficient (Wildman–Crippen LogP) is 3.88. The average Bonchev–Trinajstić information content (AvgIpc) is 2.76. The summed E-state index contributed by atoms with van der Waals surface area (Å²) in [5, 5.41) is 3.12. The van der Waals surface area contributed by atoms with E-state index in [-0.39, 0.29) is 16.9 Å². The molecule has 0 aliphatic heterocycles. The fraction of sp³-hybridized carbons (Fsp3) is 0.615. The molecule has 0 saturated heterocycles. The first-order chi connectivity index (χ1) is 8.17. The summed E-state index contributed by atoms with van der Waals surface area (Å²) in [6.07, 6.45) is 4.64. The van der Waals surface area contributed by atoms with Crippen LogP contribution in [-0.2, 0) is 0 Å². The molecule has 1 aromatic heterocycles. The van der Waals surface area contributed by atoms with Crippen molar-refractivity contribution in [2.45, 2.75) is 39.5 Å². The van der Waals surface area contributed by atoms with Crippen LogP contribution in [0.3, 0.4) is 0 Å². The van der Waals surface area contributed by atoms with Crippen molar-refractivity contribution in [2.75, 3.05) is 6.54 Å². The van der Waals surface area contributed by atoms with Gasteiger partial charge in [-0.1, -0.05) is 33.1 Å². The van der Waals surface area contributed by atoms with Crippen LogP contribution >= 0.6 is 11.6 Å². The van der Waals surface area contributed by atoms with Gasteiger partial charge in [-0.15, -0.1) is 0 Å². The standard InChI is InChI=1S/C13H20ClNO2/c1-3-5-6-10(4-2)9-15-13(16)11-7-8-12(14)17-11/h7-8,10H,3-6,9H2,1-2H3,(H,15,16). The van der Waals surface area contributed by atoms with Crippen LogP contribution in [0.2, 0.25) is 5.22 Å². The van der Waals surface area contributed by atoms with Gasteiger partial charge in [-0.05, 0) is 36.1 Å². The molecular weight excluding hydrogens is 238 g/mol. The van der Waals surface area contributed by atoms with E-state index in [0.29, 0.717) is 12.5 Å². The number of furan rings is 1. The van der Waals surface area contributed by atoms with E-state index in [1.165, 1.54) is 12.8 Å². The molecule has 0 fully saturated rings. The lowest BCUT2D eigenvalue weighted by atomic mass is 9.99. The second-order valence-electron chi connectivity index (χ2n) is 4.23. The molecule has 0 aromatic carbocycles. The van der Waals surface area contributed by atoms with Crippen molar-refractivity contribution >= 4 is 17.5 Å². The lowest BCUT2D eigenvalue weighted by molar-refractivity contribution is 0.0918. The van der Waals surface area contributed by atoms with Gasteiger partial charge in [0.05, 0.1) is 0 Å². The molecule has 1 rings (SSSR count). The average molecular weight is 258 g/mol. The molecule has 1 N–H and O–H groups in total. The van der Waals surface area contributed by atoms with E-state index in [0.717, 1.165) is 12.8 Å². The Morgan fingerprint density at radius 2 is 2.24 bits per heavy atom. The first-order valence-electron chi connectivity index (χ1n) is 6.20. The van der Waals surface area contributed by atoms with Crippen molar-refractivity contribution < 1.29 is 9.21 Å². The molecule has 17 heavy (non-hydrogen) atoms. The molecule has 1 unspecified atom stereocenters. The molecule has 3 nitrogen and oxygen atoms in total. The van der Waals surface area contributed by atoms with E-state index in [1.807, 2.05) is 0 Å². The van der Waals surface area contributed by atoms with Crippen molar-refractivity contribution in [3.05, 3.63) is 23.1 Å². The van der Waals surface area contributed by atoms with Gasteiger partial charge in [0.25, 0.3) is 5.91 Å². The van der Waals surface area contributed by atoms with Crippen molar-refractivity contribution in [1.82, 2.24) is 5.32 Å². The zero-order valence-corrected chi connectivity index (χ0v) is 11.2. The van der Waals surface area contributed by atoms with Gasteiger partial charge in [0.2, 0.25) is 0 Å². The summed E-state index contributed by atoms with van der Waals surface area (Å²) in [6, 6.07) is 3.16. The number of hydrogen-bond donors (Lipinski definition) is 1. The highest BCUT2D eigenvalue weighted by Crippen LogP contribution is 2.14. The number of hydrogen-bond acceptors (Lipinski definition) is 2. The predicted molar refractivity (Wildman–Crippen MR) is 69.4 cm³/mol. The monoisotopic (exact) mass is 257 g/mol. The van der Waals surface area contributed by atoms with Gasteiger partial charge in [-0.2, -0.15) is 0 Å². The molecule has 0 bridgehead atoms. The molecule has 1 heterocycles. The summed E-state index contributed by atoms with van der Waals surface area (Å²) in [4.78, 5) is 11.7. The number of halogens is 1. The molecule has 0 aliphatic carbocycles. The highest BCUT2D eigenvalue weighted by molar-refractivity contribution is 6.29. The summed E-state index contributed by atoms with van der Waals surface area (Å²) in [5.41, 5.74) is 0. The van der Waals surface area contributed by atoms with Gasteiger partial charge in [0.1, 0.15) is 0 Å². The van der Waals surface area contributed by atoms with Crippen molar-refractivity contribution in [1.29, 1.82) is 0 Å². The molecule has 96 valence electrons. The van der Waals surface area contributed by atoms with Crippen LogP contribution in [0.25, 0.3) is 0 Å². The second kappa shape index (κ2) is 7.38. The van der Waals surface area contributed by atoms with Gasteiger partial charge in [-0.3, -0.25) is 4.79 Å². The van der Waals surface area contributed by atoms with Crippen molar-refractivity contribution in [2.24, 2.45) is 5.92 Å². The summed E-state index contributed by atoms with van der Waals surface area (Å²) in [5.74, 6) is 0.636. The van der Waals surface area contributed by atoms with Gasteiger partial charge in [0, 0.05) is 6.54 Å². The highest BCUT2D eigenvalue weighted by atomic mass is 35.5. The molecule has 1 aromatic rings. The van der Waals surface area contributed by atoms with E-state index in [4.69, 9.17) is 16.0 Å². The Balaban J connectivity index is 2.36. The molecule has 1 amide bonds. The fourth-order valence-electron chi connectivity index (χ4n) is 1.70. The minimum absolute atomic E-state index is 0.188. The zero-order chi connectivity index (χ0) is 12.7. The van der Waals surface area contributed by atoms with E-state index in [2.05, 4.69) is 19.2 Å². The number of rotatable bonds is 7. The van der Waals surface area contributed by atoms with Gasteiger partial charge in [-0.25, -0.2) is 0 Å². The molecule has 0 radical (unpaired) electrons. The maximum absolute atomic E-state index is 11.7. The molecule has 1 atom stereocenters. The number of unbranched alkanes of at least 4 members (excludes halogenated alkanes) is 1. The molecule has 0 aliphatic rings. The van der Waals surface area contributed by atoms with Gasteiger partial charge >= 0.3 is 0 Å². The first kappa shape index (κ1) is 14.1. The highest BCUT2D eigenvalue weighted by Gasteiger charge is 2.12. The molecular formula is C13H20ClNO2. The van der Waals surface area contributed by atoms with E-state index < -0.39 is 0 Å². The number of carbonyl (C=O) groups is 1. The van der Waals surface area contributed by atoms with Crippen LogP contribution in [0, 0.1) is 5.92 Å². The molecule has 0 spiro atoms. The smallest absolute Gasteiger partial charge is 0.287 e. The summed E-state index contributed by atoms with van der Waals surface area (Å²) in [6.45, 7) is 5.03. The summed E-state index contributed by atoms with van der Waals surface area (Å²) >= 11 is 5.62. The van der Waals surface area contributed by atoms with E-state index in [9.17, 15) is 4.79 Å². The Hall–Kier alpha value is -0.960. The Labute approximate surface area is 108 Å². The lowest BCUT2D eigenvalue weighted by Crippen LogP contribution is -2.28. The molecule has 4 heteroatoms. The minimum Gasteiger partial charge on any atom is -0.440 e. The maximum Gasteiger partial charge on any atom is 0.287 e. The van der Waals surface area contributed by atoms with Crippen LogP contribution in [0.5, 0.6) is 0 Å². The second-order valence-corrected chi connectivity index (χ2v) is 4.60. The van der Waals surface area contributed by atoms with Crippen LogP contribution in [0.15, 0.2) is 16.5 Å². The Morgan fingerprint density at radius 1 is 1.47 bits per heavy atom. The van der Waals surface area contributed by atoms with Crippen molar-refractivity contribution in [3.63, 3.8) is 0 Å². The fourth-order valence-corrected chi connectivity index (χ4v) is 1.85. The quantitative estimate of drug-likeness (QED) is 0.805. The third-order valence-electron chi connectivity index (χ3n) is 2.89. The maximum atomic E-state index is 11.7. The normalized spacial score (nSPS) is 12.4. The lowest BCUT2D eigenvalue weighted by Gasteiger charge is -2.14. The van der Waals surface area contributed by atoms with Crippen LogP contribution in [0.1, 0.15) is 50.1 Å². The van der Waals surface area contributed by atoms with Crippen LogP contribution in [-0.4, -0.2) is 12.5 Å². The largest absolute Gasteiger partial charge is 0.440 e. The van der Waals surface area contributed by atoms with Gasteiger partial charge in [0.15, 0.2) is 11.0 Å². The summed E-state index contributed by atoms with van der Waals surface area (Å²) in [7, 11) is 0. The SMILES string of the molecule is CCCCC(CC)CNC(=O)c1ccc(Cl)o1. The Bertz CT molecular complexity index is 349. The summed E-state index contributed by atoms with van der Waals surface area (Å²) < 4.78 is 5.05. The van der Waals surface area contributed by atoms with Crippen LogP contribution < -0.4 is 5.32 Å². The number of amides is 1. The number of nitrogens with one attached hydrogen (secondary N) is 1. The first-order valence-corrected chi connectivity index (χ1v) is 6.58. The third-order valence-corrected chi connectivity index (χ3v) is 3.09. The minimum atomic E-state index is -0.188. The van der Waals surface area contributed by atoms with E-state index in [1.54, 1.807) is 12.1 Å². The Morgan fingerprint density at radius 3 is 2.76 bits per heavy atom. The van der Waals surface area contributed by atoms with Crippen molar-refractivity contribution in [3.8, 4) is 0 Å². The zero-order valence-electron chi connectivity index (χ0n) is 10.5. The van der Waals surface area contributed by atoms with Crippen LogP contribution in [0.4, 0.5) is 0 Å². The topological polar surface area (TPSA) is 42.2 Å². The van der Waals surface area contributed by atoms with Gasteiger partial charge < -0.3 is 9.73 Å².